The van der Waals surface area contributed by atoms with E-state index in [-0.39, 0.29) is 11.7 Å². The highest BCUT2D eigenvalue weighted by Gasteiger charge is 2.29. The highest BCUT2D eigenvalue weighted by molar-refractivity contribution is 6.00. The number of likely N-dealkylation sites (tertiary alicyclic amines) is 1. The van der Waals surface area contributed by atoms with Crippen molar-refractivity contribution in [2.75, 3.05) is 27.3 Å². The number of Topliss-reactive ketones (excluding diaryl/α,β-unsaturated/α-hetero) is 1. The first kappa shape index (κ1) is 20.2. The van der Waals surface area contributed by atoms with Gasteiger partial charge in [-0.3, -0.25) is 9.69 Å². The summed E-state index contributed by atoms with van der Waals surface area (Å²) in [5.74, 6) is 2.26. The van der Waals surface area contributed by atoms with Crippen LogP contribution < -0.4 is 9.47 Å². The molecule has 4 rings (SSSR count). The Hall–Kier alpha value is -3.12. The monoisotopic (exact) mass is 405 g/mol. The molecule has 30 heavy (non-hydrogen) atoms. The van der Waals surface area contributed by atoms with Crippen LogP contribution in [0.25, 0.3) is 5.82 Å². The SMILES string of the molecule is COc1ccc(C(=O)C2CCCN(Cc3cccn3-c3ccccn3)C2)c(OC)c1. The molecule has 0 bridgehead atoms. The molecule has 1 aromatic carbocycles. The number of ketones is 1. The van der Waals surface area contributed by atoms with Crippen molar-refractivity contribution in [1.82, 2.24) is 14.5 Å². The first-order chi connectivity index (χ1) is 14.7. The van der Waals surface area contributed by atoms with Gasteiger partial charge < -0.3 is 14.0 Å². The summed E-state index contributed by atoms with van der Waals surface area (Å²) in [6, 6.07) is 15.5. The number of nitrogens with zero attached hydrogens (tertiary/aromatic N) is 3. The smallest absolute Gasteiger partial charge is 0.170 e. The summed E-state index contributed by atoms with van der Waals surface area (Å²) < 4.78 is 12.8. The number of pyridine rings is 1. The van der Waals surface area contributed by atoms with Crippen LogP contribution in [0.1, 0.15) is 28.9 Å². The van der Waals surface area contributed by atoms with Crippen molar-refractivity contribution in [3.63, 3.8) is 0 Å². The zero-order valence-electron chi connectivity index (χ0n) is 17.5. The maximum atomic E-state index is 13.3. The lowest BCUT2D eigenvalue weighted by atomic mass is 9.89. The second-order valence-corrected chi connectivity index (χ2v) is 7.56. The predicted octanol–water partition coefficient (Wildman–Crippen LogP) is 3.98. The largest absolute Gasteiger partial charge is 0.497 e. The Morgan fingerprint density at radius 2 is 2.03 bits per heavy atom. The van der Waals surface area contributed by atoms with Crippen LogP contribution in [0, 0.1) is 5.92 Å². The molecule has 1 saturated heterocycles. The Kier molecular flexibility index (Phi) is 6.14. The van der Waals surface area contributed by atoms with Gasteiger partial charge in [0, 0.05) is 43.2 Å². The molecule has 0 saturated carbocycles. The van der Waals surface area contributed by atoms with Gasteiger partial charge in [0.2, 0.25) is 0 Å². The fourth-order valence-corrected chi connectivity index (χ4v) is 4.13. The minimum atomic E-state index is -0.0423. The lowest BCUT2D eigenvalue weighted by Gasteiger charge is -2.32. The van der Waals surface area contributed by atoms with Crippen LogP contribution in [0.3, 0.4) is 0 Å². The van der Waals surface area contributed by atoms with E-state index in [1.807, 2.05) is 42.6 Å². The summed E-state index contributed by atoms with van der Waals surface area (Å²) in [4.78, 5) is 20.1. The minimum absolute atomic E-state index is 0.0423. The number of carbonyl (C=O) groups excluding carboxylic acids is 1. The molecular weight excluding hydrogens is 378 g/mol. The summed E-state index contributed by atoms with van der Waals surface area (Å²) in [7, 11) is 3.20. The average Bonchev–Trinajstić information content (AvgIpc) is 3.27. The Balaban J connectivity index is 1.48. The summed E-state index contributed by atoms with van der Waals surface area (Å²) in [5.41, 5.74) is 1.80. The molecule has 1 atom stereocenters. The van der Waals surface area contributed by atoms with E-state index in [4.69, 9.17) is 9.47 Å². The van der Waals surface area contributed by atoms with Crippen molar-refractivity contribution in [2.45, 2.75) is 19.4 Å². The Morgan fingerprint density at radius 1 is 1.13 bits per heavy atom. The van der Waals surface area contributed by atoms with Gasteiger partial charge in [-0.2, -0.15) is 0 Å². The molecule has 1 fully saturated rings. The molecule has 6 nitrogen and oxygen atoms in total. The number of hydrogen-bond donors (Lipinski definition) is 0. The maximum Gasteiger partial charge on any atom is 0.170 e. The van der Waals surface area contributed by atoms with E-state index in [0.29, 0.717) is 17.1 Å². The second-order valence-electron chi connectivity index (χ2n) is 7.56. The lowest BCUT2D eigenvalue weighted by molar-refractivity contribution is 0.0806. The molecule has 1 unspecified atom stereocenters. The summed E-state index contributed by atoms with van der Waals surface area (Å²) in [5, 5.41) is 0. The summed E-state index contributed by atoms with van der Waals surface area (Å²) in [6.45, 7) is 2.51. The van der Waals surface area contributed by atoms with Gasteiger partial charge in [-0.15, -0.1) is 0 Å². The van der Waals surface area contributed by atoms with E-state index < -0.39 is 0 Å². The molecule has 0 N–H and O–H groups in total. The van der Waals surface area contributed by atoms with Crippen LogP contribution in [-0.4, -0.2) is 47.5 Å². The third kappa shape index (κ3) is 4.24. The minimum Gasteiger partial charge on any atom is -0.497 e. The number of aromatic nitrogens is 2. The number of ether oxygens (including phenoxy) is 2. The fraction of sp³-hybridized carbons (Fsp3) is 0.333. The molecular formula is C24H27N3O3. The van der Waals surface area contributed by atoms with E-state index in [0.717, 1.165) is 38.3 Å². The first-order valence-corrected chi connectivity index (χ1v) is 10.3. The zero-order valence-corrected chi connectivity index (χ0v) is 17.5. The number of piperidine rings is 1. The molecule has 6 heteroatoms. The molecule has 0 amide bonds. The standard InChI is InChI=1S/C24H27N3O3/c1-29-20-10-11-21(22(15-20)30-2)24(28)18-7-5-13-26(16-18)17-19-8-6-14-27(19)23-9-3-4-12-25-23/h3-4,6,8-12,14-15,18H,5,7,13,16-17H2,1-2H3. The molecule has 1 aliphatic rings. The van der Waals surface area contributed by atoms with E-state index in [2.05, 4.69) is 20.5 Å². The van der Waals surface area contributed by atoms with Gasteiger partial charge >= 0.3 is 0 Å². The number of carbonyl (C=O) groups is 1. The average molecular weight is 405 g/mol. The Bertz CT molecular complexity index is 1000. The molecule has 3 heterocycles. The second kappa shape index (κ2) is 9.13. The molecule has 0 radical (unpaired) electrons. The van der Waals surface area contributed by atoms with E-state index in [9.17, 15) is 4.79 Å². The Labute approximate surface area is 177 Å². The fourth-order valence-electron chi connectivity index (χ4n) is 4.13. The molecule has 3 aromatic rings. The zero-order chi connectivity index (χ0) is 20.9. The van der Waals surface area contributed by atoms with E-state index in [1.54, 1.807) is 26.5 Å². The van der Waals surface area contributed by atoms with Gasteiger partial charge in [0.15, 0.2) is 5.78 Å². The van der Waals surface area contributed by atoms with Crippen LogP contribution >= 0.6 is 0 Å². The third-order valence-electron chi connectivity index (χ3n) is 5.67. The molecule has 1 aliphatic heterocycles. The highest BCUT2D eigenvalue weighted by atomic mass is 16.5. The van der Waals surface area contributed by atoms with Crippen LogP contribution in [0.2, 0.25) is 0 Å². The third-order valence-corrected chi connectivity index (χ3v) is 5.67. The van der Waals surface area contributed by atoms with Gasteiger partial charge in [-0.05, 0) is 55.8 Å². The van der Waals surface area contributed by atoms with Gasteiger partial charge in [-0.25, -0.2) is 4.98 Å². The number of methoxy groups -OCH3 is 2. The van der Waals surface area contributed by atoms with Crippen molar-refractivity contribution >= 4 is 5.78 Å². The quantitative estimate of drug-likeness (QED) is 0.557. The lowest BCUT2D eigenvalue weighted by Crippen LogP contribution is -2.38. The maximum absolute atomic E-state index is 13.3. The molecule has 156 valence electrons. The van der Waals surface area contributed by atoms with Crippen molar-refractivity contribution in [3.05, 3.63) is 72.2 Å². The van der Waals surface area contributed by atoms with Crippen LogP contribution in [0.5, 0.6) is 11.5 Å². The van der Waals surface area contributed by atoms with Crippen molar-refractivity contribution in [2.24, 2.45) is 5.92 Å². The first-order valence-electron chi connectivity index (χ1n) is 10.3. The van der Waals surface area contributed by atoms with Crippen molar-refractivity contribution in [1.29, 1.82) is 0 Å². The number of rotatable bonds is 7. The van der Waals surface area contributed by atoms with Gasteiger partial charge in [0.05, 0.1) is 19.8 Å². The number of hydrogen-bond acceptors (Lipinski definition) is 5. The highest BCUT2D eigenvalue weighted by Crippen LogP contribution is 2.30. The topological polar surface area (TPSA) is 56.6 Å². The number of benzene rings is 1. The van der Waals surface area contributed by atoms with Gasteiger partial charge in [0.25, 0.3) is 0 Å². The van der Waals surface area contributed by atoms with Crippen LogP contribution in [0.4, 0.5) is 0 Å². The summed E-state index contributed by atoms with van der Waals surface area (Å²) in [6.07, 6.45) is 5.73. The van der Waals surface area contributed by atoms with Crippen molar-refractivity contribution in [3.8, 4) is 17.3 Å². The summed E-state index contributed by atoms with van der Waals surface area (Å²) >= 11 is 0. The van der Waals surface area contributed by atoms with Gasteiger partial charge in [0.1, 0.15) is 17.3 Å². The van der Waals surface area contributed by atoms with Crippen molar-refractivity contribution < 1.29 is 14.3 Å². The van der Waals surface area contributed by atoms with Crippen LogP contribution in [-0.2, 0) is 6.54 Å². The molecule has 0 aliphatic carbocycles. The van der Waals surface area contributed by atoms with Crippen LogP contribution in [0.15, 0.2) is 60.9 Å². The molecule has 2 aromatic heterocycles. The van der Waals surface area contributed by atoms with E-state index in [1.165, 1.54) is 5.69 Å². The normalized spacial score (nSPS) is 16.9. The molecule has 0 spiro atoms. The van der Waals surface area contributed by atoms with Gasteiger partial charge in [-0.1, -0.05) is 6.07 Å². The Morgan fingerprint density at radius 3 is 2.80 bits per heavy atom. The van der Waals surface area contributed by atoms with E-state index >= 15 is 0 Å². The predicted molar refractivity (Wildman–Crippen MR) is 115 cm³/mol.